The van der Waals surface area contributed by atoms with Crippen LogP contribution < -0.4 is 10.6 Å². The zero-order valence-corrected chi connectivity index (χ0v) is 11.7. The van der Waals surface area contributed by atoms with E-state index in [9.17, 15) is 4.79 Å². The Labute approximate surface area is 112 Å². The highest BCUT2D eigenvalue weighted by molar-refractivity contribution is 7.98. The average molecular weight is 275 g/mol. The maximum Gasteiger partial charge on any atom is 0.336 e. The van der Waals surface area contributed by atoms with E-state index in [1.165, 1.54) is 32.1 Å². The van der Waals surface area contributed by atoms with E-state index < -0.39 is 12.0 Å². The molecule has 6 nitrogen and oxygen atoms in total. The van der Waals surface area contributed by atoms with Crippen molar-refractivity contribution in [3.63, 3.8) is 0 Å². The molecule has 104 valence electrons. The highest BCUT2D eigenvalue weighted by Crippen LogP contribution is 2.14. The van der Waals surface area contributed by atoms with E-state index in [1.54, 1.807) is 11.8 Å². The number of thioether (sulfide) groups is 1. The SMILES string of the molecule is CSCCC(N=[N+]=N)C(=O)O.NC1CCCCC1. The van der Waals surface area contributed by atoms with Gasteiger partial charge >= 0.3 is 5.97 Å². The Bertz CT molecular complexity index is 274. The van der Waals surface area contributed by atoms with Crippen LogP contribution in [0.2, 0.25) is 0 Å². The largest absolute Gasteiger partial charge is 0.479 e. The molecule has 0 radical (unpaired) electrons. The monoisotopic (exact) mass is 275 g/mol. The van der Waals surface area contributed by atoms with Crippen LogP contribution in [0.5, 0.6) is 0 Å². The minimum atomic E-state index is -1.02. The van der Waals surface area contributed by atoms with Gasteiger partial charge in [0.25, 0.3) is 0 Å². The van der Waals surface area contributed by atoms with E-state index in [2.05, 4.69) is 10.0 Å². The first kappa shape index (κ1) is 17.1. The van der Waals surface area contributed by atoms with E-state index in [0.29, 0.717) is 12.5 Å². The maximum absolute atomic E-state index is 10.3. The molecule has 0 aromatic carbocycles. The quantitative estimate of drug-likeness (QED) is 0.526. The number of nitrogens with zero attached hydrogens (tertiary/aromatic N) is 2. The average Bonchev–Trinajstić information content (AvgIpc) is 2.36. The lowest BCUT2D eigenvalue weighted by atomic mass is 9.97. The summed E-state index contributed by atoms with van der Waals surface area (Å²) in [5.41, 5.74) is 12.0. The Morgan fingerprint density at radius 2 is 2.17 bits per heavy atom. The van der Waals surface area contributed by atoms with Crippen LogP contribution in [0, 0.1) is 5.53 Å². The second kappa shape index (κ2) is 11.2. The molecule has 1 rings (SSSR count). The Kier molecular flexibility index (Phi) is 10.6. The van der Waals surface area contributed by atoms with E-state index in [1.807, 2.05) is 6.26 Å². The number of nitrogens with two attached hydrogens (primary N) is 1. The molecule has 0 aliphatic heterocycles. The predicted octanol–water partition coefficient (Wildman–Crippen LogP) is 2.02. The van der Waals surface area contributed by atoms with Gasteiger partial charge in [-0.2, -0.15) is 11.8 Å². The fraction of sp³-hybridized carbons (Fsp3) is 0.909. The Morgan fingerprint density at radius 1 is 1.56 bits per heavy atom. The van der Waals surface area contributed by atoms with Crippen molar-refractivity contribution in [1.29, 1.82) is 5.53 Å². The topological polar surface area (TPSA) is 114 Å². The molecule has 1 aliphatic carbocycles. The maximum atomic E-state index is 10.3. The van der Waals surface area contributed by atoms with Crippen LogP contribution in [0.4, 0.5) is 0 Å². The molecule has 0 amide bonds. The van der Waals surface area contributed by atoms with Crippen molar-refractivity contribution in [2.45, 2.75) is 50.6 Å². The van der Waals surface area contributed by atoms with Gasteiger partial charge < -0.3 is 10.8 Å². The summed E-state index contributed by atoms with van der Waals surface area (Å²) in [4.78, 5) is 13.0. The second-order valence-corrected chi connectivity index (χ2v) is 5.23. The minimum absolute atomic E-state index is 0.429. The molecule has 0 heterocycles. The molecule has 1 aliphatic rings. The van der Waals surface area contributed by atoms with E-state index in [0.717, 1.165) is 5.75 Å². The Balaban J connectivity index is 0.000000351. The van der Waals surface area contributed by atoms with Gasteiger partial charge in [0.15, 0.2) is 0 Å². The molecule has 1 atom stereocenters. The zero-order chi connectivity index (χ0) is 13.8. The lowest BCUT2D eigenvalue weighted by Gasteiger charge is -2.15. The lowest BCUT2D eigenvalue weighted by Crippen LogP contribution is -2.22. The van der Waals surface area contributed by atoms with Gasteiger partial charge in [0.05, 0.1) is 0 Å². The van der Waals surface area contributed by atoms with E-state index in [4.69, 9.17) is 16.4 Å². The molecule has 0 aromatic heterocycles. The number of rotatable bonds is 5. The highest BCUT2D eigenvalue weighted by Gasteiger charge is 2.20. The van der Waals surface area contributed by atoms with Gasteiger partial charge in [-0.25, -0.2) is 4.79 Å². The number of hydrogen-bond donors (Lipinski definition) is 3. The molecule has 4 N–H and O–H groups in total. The molecule has 0 saturated heterocycles. The van der Waals surface area contributed by atoms with Gasteiger partial charge in [0.2, 0.25) is 11.0 Å². The smallest absolute Gasteiger partial charge is 0.336 e. The number of carbonyl (C=O) groups is 1. The number of aliphatic carboxylic acids is 1. The van der Waals surface area contributed by atoms with Crippen LogP contribution in [0.15, 0.2) is 5.11 Å². The summed E-state index contributed by atoms with van der Waals surface area (Å²) >= 11 is 1.55. The third-order valence-electron chi connectivity index (χ3n) is 2.73. The molecular weight excluding hydrogens is 252 g/mol. The third-order valence-corrected chi connectivity index (χ3v) is 3.37. The van der Waals surface area contributed by atoms with Crippen LogP contribution in [-0.4, -0.2) is 35.2 Å². The van der Waals surface area contributed by atoms with Gasteiger partial charge in [-0.3, -0.25) is 0 Å². The molecule has 0 bridgehead atoms. The second-order valence-electron chi connectivity index (χ2n) is 4.25. The highest BCUT2D eigenvalue weighted by atomic mass is 32.2. The summed E-state index contributed by atoms with van der Waals surface area (Å²) in [6.45, 7) is 0. The first-order valence-electron chi connectivity index (χ1n) is 6.15. The summed E-state index contributed by atoms with van der Waals surface area (Å²) in [7, 11) is 0. The molecule has 1 unspecified atom stereocenters. The number of carboxylic acids is 1. The standard InChI is InChI=1S/C6H13N.C5H9N3O2S/c7-6-4-2-1-3-5-6;1-11-3-2-4(5(9)10)7-8-6/h6H,1-5,7H2;4,6H,2-3H2,1H3/p+1. The Morgan fingerprint density at radius 3 is 2.50 bits per heavy atom. The van der Waals surface area contributed by atoms with Crippen molar-refractivity contribution >= 4 is 17.7 Å². The van der Waals surface area contributed by atoms with Crippen molar-refractivity contribution in [3.8, 4) is 0 Å². The predicted molar refractivity (Wildman–Crippen MR) is 72.8 cm³/mol. The van der Waals surface area contributed by atoms with Crippen LogP contribution >= 0.6 is 11.8 Å². The van der Waals surface area contributed by atoms with Crippen molar-refractivity contribution in [1.82, 2.24) is 4.91 Å². The summed E-state index contributed by atoms with van der Waals surface area (Å²) < 4.78 is 0. The van der Waals surface area contributed by atoms with E-state index in [-0.39, 0.29) is 0 Å². The van der Waals surface area contributed by atoms with Crippen LogP contribution in [0.1, 0.15) is 38.5 Å². The molecule has 0 aromatic rings. The first-order valence-corrected chi connectivity index (χ1v) is 7.55. The molecule has 1 fully saturated rings. The number of hydrogen-bond acceptors (Lipinski definition) is 5. The summed E-state index contributed by atoms with van der Waals surface area (Å²) in [5, 5.41) is 11.7. The van der Waals surface area contributed by atoms with Crippen LogP contribution in [0.3, 0.4) is 0 Å². The molecule has 1 saturated carbocycles. The van der Waals surface area contributed by atoms with Gasteiger partial charge in [0, 0.05) is 6.04 Å². The van der Waals surface area contributed by atoms with Crippen molar-refractivity contribution < 1.29 is 9.90 Å². The van der Waals surface area contributed by atoms with Crippen molar-refractivity contribution in [2.24, 2.45) is 10.8 Å². The number of carboxylic acid groups (broad SMARTS) is 1. The molecule has 7 heteroatoms. The zero-order valence-electron chi connectivity index (χ0n) is 10.8. The van der Waals surface area contributed by atoms with Crippen LogP contribution in [-0.2, 0) is 4.79 Å². The fourth-order valence-corrected chi connectivity index (χ4v) is 2.12. The minimum Gasteiger partial charge on any atom is -0.479 e. The summed E-state index contributed by atoms with van der Waals surface area (Å²) in [6.07, 6.45) is 8.98. The fourth-order valence-electron chi connectivity index (χ4n) is 1.66. The van der Waals surface area contributed by atoms with E-state index >= 15 is 0 Å². The lowest BCUT2D eigenvalue weighted by molar-refractivity contribution is -0.138. The van der Waals surface area contributed by atoms with Crippen LogP contribution in [0.25, 0.3) is 0 Å². The van der Waals surface area contributed by atoms with Gasteiger partial charge in [-0.05, 0) is 31.3 Å². The summed E-state index contributed by atoms with van der Waals surface area (Å²) in [5.74, 6) is -0.300. The van der Waals surface area contributed by atoms with Gasteiger partial charge in [-0.15, -0.1) is 0 Å². The third kappa shape index (κ3) is 9.15. The van der Waals surface area contributed by atoms with Gasteiger partial charge in [-0.1, -0.05) is 19.3 Å². The van der Waals surface area contributed by atoms with Crippen molar-refractivity contribution in [3.05, 3.63) is 0 Å². The molecular formula is C11H23N4O2S+. The molecule has 0 spiro atoms. The first-order chi connectivity index (χ1) is 8.61. The summed E-state index contributed by atoms with van der Waals surface area (Å²) in [6, 6.07) is -0.311. The Hall–Kier alpha value is -0.910. The number of nitrogens with one attached hydrogen (secondary N) is 1. The normalized spacial score (nSPS) is 17.0. The molecule has 18 heavy (non-hydrogen) atoms. The van der Waals surface area contributed by atoms with Gasteiger partial charge in [0.1, 0.15) is 10.6 Å². The van der Waals surface area contributed by atoms with Crippen molar-refractivity contribution in [2.75, 3.05) is 12.0 Å².